The Labute approximate surface area is 224 Å². The van der Waals surface area contributed by atoms with Gasteiger partial charge in [0.1, 0.15) is 5.82 Å². The van der Waals surface area contributed by atoms with Crippen molar-refractivity contribution in [1.82, 2.24) is 14.5 Å². The minimum absolute atomic E-state index is 0. The van der Waals surface area contributed by atoms with Crippen LogP contribution in [0.15, 0.2) is 97.3 Å². The second-order valence-corrected chi connectivity index (χ2v) is 8.43. The number of pyridine rings is 2. The van der Waals surface area contributed by atoms with E-state index in [0.29, 0.717) is 11.6 Å². The maximum absolute atomic E-state index is 6.12. The van der Waals surface area contributed by atoms with E-state index in [1.165, 1.54) is 5.39 Å². The van der Waals surface area contributed by atoms with Crippen LogP contribution in [0.5, 0.6) is 11.6 Å². The molecule has 6 heteroatoms. The Bertz CT molecular complexity index is 1660. The Morgan fingerprint density at radius 1 is 0.722 bits per heavy atom. The molecule has 0 radical (unpaired) electrons. The predicted octanol–water partition coefficient (Wildman–Crippen LogP) is 6.70. The summed E-state index contributed by atoms with van der Waals surface area (Å²) >= 11 is 0. The second-order valence-electron chi connectivity index (χ2n) is 8.43. The van der Waals surface area contributed by atoms with Gasteiger partial charge in [0.25, 0.3) is 0 Å². The summed E-state index contributed by atoms with van der Waals surface area (Å²) in [4.78, 5) is 11.0. The molecule has 0 fully saturated rings. The van der Waals surface area contributed by atoms with Crippen molar-refractivity contribution in [1.29, 1.82) is 0 Å². The number of rotatable bonds is 5. The molecule has 0 aliphatic heterocycles. The Kier molecular flexibility index (Phi) is 6.58. The van der Waals surface area contributed by atoms with Crippen molar-refractivity contribution in [2.75, 3.05) is 19.0 Å². The molecule has 3 heterocycles. The minimum atomic E-state index is 0. The van der Waals surface area contributed by atoms with E-state index in [2.05, 4.69) is 63.1 Å². The average Bonchev–Trinajstić information content (AvgIpc) is 3.23. The van der Waals surface area contributed by atoms with E-state index in [0.717, 1.165) is 39.1 Å². The first-order chi connectivity index (χ1) is 17.2. The summed E-state index contributed by atoms with van der Waals surface area (Å²) in [6, 6.07) is 35.3. The average molecular weight is 650 g/mol. The zero-order chi connectivity index (χ0) is 23.8. The van der Waals surface area contributed by atoms with Gasteiger partial charge in [-0.15, -0.1) is 18.2 Å². The van der Waals surface area contributed by atoms with Crippen LogP contribution in [0, 0.1) is 12.1 Å². The summed E-state index contributed by atoms with van der Waals surface area (Å²) in [5.74, 6) is 2.00. The van der Waals surface area contributed by atoms with Crippen LogP contribution in [0.3, 0.4) is 0 Å². The summed E-state index contributed by atoms with van der Waals surface area (Å²) in [5, 5.41) is 2.30. The van der Waals surface area contributed by atoms with E-state index >= 15 is 0 Å². The van der Waals surface area contributed by atoms with E-state index in [-0.39, 0.29) is 21.1 Å². The Morgan fingerprint density at radius 2 is 1.53 bits per heavy atom. The summed E-state index contributed by atoms with van der Waals surface area (Å²) in [7, 11) is 3.93. The Morgan fingerprint density at radius 3 is 2.36 bits per heavy atom. The number of hydrogen-bond donors (Lipinski definition) is 0. The van der Waals surface area contributed by atoms with Crippen molar-refractivity contribution in [3.05, 3.63) is 109 Å². The molecule has 3 aromatic heterocycles. The standard InChI is InChI=1S/C30H22N4O.Pt/c1-33(2)27-13-8-18-32-30(27)35-23-10-7-9-21(19-23)22-15-16-25-24-11-3-4-12-26(24)34(28(25)20-22)29-14-5-6-17-31-29;/h3-18H,1-2H3;/q-2;+2. The molecule has 0 spiro atoms. The largest absolute Gasteiger partial charge is 2.00 e. The van der Waals surface area contributed by atoms with Crippen molar-refractivity contribution in [3.8, 4) is 28.6 Å². The van der Waals surface area contributed by atoms with Gasteiger partial charge in [-0.05, 0) is 41.2 Å². The minimum Gasteiger partial charge on any atom is -0.458 e. The van der Waals surface area contributed by atoms with Gasteiger partial charge >= 0.3 is 21.1 Å². The van der Waals surface area contributed by atoms with Crippen LogP contribution in [0.1, 0.15) is 0 Å². The van der Waals surface area contributed by atoms with E-state index in [1.54, 1.807) is 6.20 Å². The fourth-order valence-corrected chi connectivity index (χ4v) is 4.34. The van der Waals surface area contributed by atoms with Crippen molar-refractivity contribution in [2.45, 2.75) is 0 Å². The van der Waals surface area contributed by atoms with Crippen molar-refractivity contribution in [2.24, 2.45) is 0 Å². The molecular weight excluding hydrogens is 627 g/mol. The molecule has 0 aliphatic carbocycles. The summed E-state index contributed by atoms with van der Waals surface area (Å²) in [6.45, 7) is 0. The number of nitrogens with zero attached hydrogens (tertiary/aromatic N) is 4. The fraction of sp³-hybridized carbons (Fsp3) is 0.0667. The third-order valence-electron chi connectivity index (χ3n) is 5.96. The van der Waals surface area contributed by atoms with E-state index in [9.17, 15) is 0 Å². The monoisotopic (exact) mass is 649 g/mol. The number of para-hydroxylation sites is 1. The molecule has 6 aromatic rings. The molecule has 0 saturated heterocycles. The molecule has 178 valence electrons. The van der Waals surface area contributed by atoms with Crippen molar-refractivity contribution < 1.29 is 25.8 Å². The number of ether oxygens (including phenoxy) is 1. The van der Waals surface area contributed by atoms with Gasteiger partial charge < -0.3 is 14.2 Å². The van der Waals surface area contributed by atoms with Crippen LogP contribution in [-0.4, -0.2) is 28.6 Å². The summed E-state index contributed by atoms with van der Waals surface area (Å²) < 4.78 is 8.28. The zero-order valence-corrected chi connectivity index (χ0v) is 22.0. The number of hydrogen-bond acceptors (Lipinski definition) is 4. The first kappa shape index (κ1) is 23.8. The molecule has 0 unspecified atom stereocenters. The maximum atomic E-state index is 6.12. The molecule has 0 saturated carbocycles. The van der Waals surface area contributed by atoms with Crippen LogP contribution in [0.25, 0.3) is 38.8 Å². The third kappa shape index (κ3) is 4.27. The zero-order valence-electron chi connectivity index (χ0n) is 19.8. The molecule has 0 aliphatic rings. The topological polar surface area (TPSA) is 43.2 Å². The first-order valence-electron chi connectivity index (χ1n) is 11.4. The third-order valence-corrected chi connectivity index (χ3v) is 5.96. The van der Waals surface area contributed by atoms with E-state index < -0.39 is 0 Å². The number of anilines is 1. The van der Waals surface area contributed by atoms with Gasteiger partial charge in [0.05, 0.1) is 5.69 Å². The van der Waals surface area contributed by atoms with Gasteiger partial charge in [-0.3, -0.25) is 0 Å². The van der Waals surface area contributed by atoms with Crippen LogP contribution in [0.4, 0.5) is 5.69 Å². The maximum Gasteiger partial charge on any atom is 2.00 e. The van der Waals surface area contributed by atoms with E-state index in [4.69, 9.17) is 4.74 Å². The SMILES string of the molecule is CN(C)c1cccnc1Oc1[c-]c(-c2[c-]c3c(cc2)c2ccccc2n3-c2ccccn2)ccc1.[Pt+2]. The number of fused-ring (bicyclic) bond motifs is 3. The Balaban J connectivity index is 0.00000267. The predicted molar refractivity (Wildman–Crippen MR) is 140 cm³/mol. The number of benzene rings is 3. The summed E-state index contributed by atoms with van der Waals surface area (Å²) in [5.41, 5.74) is 4.80. The van der Waals surface area contributed by atoms with Crippen LogP contribution < -0.4 is 9.64 Å². The normalized spacial score (nSPS) is 10.8. The van der Waals surface area contributed by atoms with Gasteiger partial charge in [-0.25, -0.2) is 21.1 Å². The molecule has 0 amide bonds. The van der Waals surface area contributed by atoms with Crippen molar-refractivity contribution >= 4 is 27.5 Å². The Hall–Kier alpha value is -3.95. The van der Waals surface area contributed by atoms with Gasteiger partial charge in [0.15, 0.2) is 0 Å². The van der Waals surface area contributed by atoms with Crippen LogP contribution in [-0.2, 0) is 21.1 Å². The molecule has 0 bridgehead atoms. The molecule has 0 atom stereocenters. The van der Waals surface area contributed by atoms with Gasteiger partial charge in [-0.1, -0.05) is 29.7 Å². The smallest absolute Gasteiger partial charge is 0.458 e. The first-order valence-corrected chi connectivity index (χ1v) is 11.4. The molecule has 3 aromatic carbocycles. The van der Waals surface area contributed by atoms with Crippen LogP contribution >= 0.6 is 0 Å². The second kappa shape index (κ2) is 9.96. The van der Waals surface area contributed by atoms with Gasteiger partial charge in [-0.2, -0.15) is 24.3 Å². The van der Waals surface area contributed by atoms with Crippen molar-refractivity contribution in [3.63, 3.8) is 0 Å². The molecule has 5 nitrogen and oxygen atoms in total. The molecule has 6 rings (SSSR count). The summed E-state index contributed by atoms with van der Waals surface area (Å²) in [6.07, 6.45) is 3.54. The molecular formula is C30H22N4OPt. The van der Waals surface area contributed by atoms with Crippen LogP contribution in [0.2, 0.25) is 0 Å². The quantitative estimate of drug-likeness (QED) is 0.195. The molecule has 0 N–H and O–H groups in total. The van der Waals surface area contributed by atoms with Gasteiger partial charge in [0, 0.05) is 37.8 Å². The molecule has 36 heavy (non-hydrogen) atoms. The van der Waals surface area contributed by atoms with E-state index in [1.807, 2.05) is 73.7 Å². The number of aromatic nitrogens is 3. The fourth-order valence-electron chi connectivity index (χ4n) is 4.34. The van der Waals surface area contributed by atoms with Gasteiger partial charge in [0.2, 0.25) is 5.88 Å².